The van der Waals surface area contributed by atoms with E-state index in [0.717, 1.165) is 35.3 Å². The van der Waals surface area contributed by atoms with E-state index in [4.69, 9.17) is 4.74 Å². The van der Waals surface area contributed by atoms with Crippen LogP contribution in [0.1, 0.15) is 12.8 Å². The number of aromatic nitrogens is 2. The second kappa shape index (κ2) is 4.44. The largest absolute Gasteiger partial charge is 0.374 e. The third kappa shape index (κ3) is 2.29. The van der Waals surface area contributed by atoms with Crippen LogP contribution in [0.15, 0.2) is 12.3 Å². The molecule has 3 rings (SSSR count). The Morgan fingerprint density at radius 1 is 1.44 bits per heavy atom. The number of anilines is 1. The van der Waals surface area contributed by atoms with Crippen molar-refractivity contribution in [2.24, 2.45) is 5.92 Å². The molecule has 0 spiro atoms. The van der Waals surface area contributed by atoms with Crippen molar-refractivity contribution in [1.82, 2.24) is 9.97 Å². The second-order valence-electron chi connectivity index (χ2n) is 4.37. The molecule has 16 heavy (non-hydrogen) atoms. The first-order valence-electron chi connectivity index (χ1n) is 5.68. The van der Waals surface area contributed by atoms with Crippen LogP contribution in [-0.4, -0.2) is 35.8 Å². The van der Waals surface area contributed by atoms with E-state index in [9.17, 15) is 0 Å². The molecule has 1 aromatic rings. The molecule has 0 bridgehead atoms. The third-order valence-corrected chi connectivity index (χ3v) is 3.73. The van der Waals surface area contributed by atoms with Gasteiger partial charge in [0.2, 0.25) is 5.95 Å². The van der Waals surface area contributed by atoms with Crippen LogP contribution in [0.5, 0.6) is 0 Å². The lowest BCUT2D eigenvalue weighted by Crippen LogP contribution is -2.44. The minimum absolute atomic E-state index is 0.398. The standard InChI is InChI=1S/C11H14IN3O/c12-10-3-4-13-11(14-10)15-5-6-16-9(7-15)8-1-2-8/h3-4,8-9H,1-2,5-7H2. The Balaban J connectivity index is 1.73. The van der Waals surface area contributed by atoms with E-state index in [0.29, 0.717) is 6.10 Å². The Bertz CT molecular complexity index is 383. The zero-order valence-electron chi connectivity index (χ0n) is 8.97. The number of nitrogens with zero attached hydrogens (tertiary/aromatic N) is 3. The van der Waals surface area contributed by atoms with Crippen LogP contribution in [0.25, 0.3) is 0 Å². The minimum Gasteiger partial charge on any atom is -0.374 e. The molecule has 1 atom stereocenters. The molecule has 0 radical (unpaired) electrons. The molecule has 1 saturated heterocycles. The summed E-state index contributed by atoms with van der Waals surface area (Å²) in [5, 5.41) is 0. The number of hydrogen-bond donors (Lipinski definition) is 0. The van der Waals surface area contributed by atoms with Crippen LogP contribution in [0.3, 0.4) is 0 Å². The van der Waals surface area contributed by atoms with Crippen LogP contribution in [0, 0.1) is 9.62 Å². The van der Waals surface area contributed by atoms with Crippen molar-refractivity contribution in [1.29, 1.82) is 0 Å². The number of rotatable bonds is 2. The number of hydrogen-bond acceptors (Lipinski definition) is 4. The lowest BCUT2D eigenvalue weighted by Gasteiger charge is -2.33. The summed E-state index contributed by atoms with van der Waals surface area (Å²) >= 11 is 2.22. The Morgan fingerprint density at radius 3 is 3.06 bits per heavy atom. The zero-order chi connectivity index (χ0) is 11.0. The van der Waals surface area contributed by atoms with E-state index in [-0.39, 0.29) is 0 Å². The first-order chi connectivity index (χ1) is 7.83. The van der Waals surface area contributed by atoms with Crippen molar-refractivity contribution in [2.75, 3.05) is 24.6 Å². The van der Waals surface area contributed by atoms with Gasteiger partial charge in [-0.25, -0.2) is 9.97 Å². The van der Waals surface area contributed by atoms with Gasteiger partial charge in [0.05, 0.1) is 12.7 Å². The van der Waals surface area contributed by atoms with Gasteiger partial charge in [0.1, 0.15) is 3.70 Å². The zero-order valence-corrected chi connectivity index (χ0v) is 11.1. The van der Waals surface area contributed by atoms with Gasteiger partial charge in [0.15, 0.2) is 0 Å². The Kier molecular flexibility index (Phi) is 2.97. The summed E-state index contributed by atoms with van der Waals surface area (Å²) in [6.45, 7) is 2.66. The van der Waals surface area contributed by atoms with Crippen LogP contribution >= 0.6 is 22.6 Å². The molecule has 2 fully saturated rings. The highest BCUT2D eigenvalue weighted by Gasteiger charge is 2.35. The fourth-order valence-corrected chi connectivity index (χ4v) is 2.47. The van der Waals surface area contributed by atoms with Crippen LogP contribution < -0.4 is 4.90 Å². The predicted molar refractivity (Wildman–Crippen MR) is 69.4 cm³/mol. The number of ether oxygens (including phenoxy) is 1. The molecule has 2 heterocycles. The van der Waals surface area contributed by atoms with Crippen LogP contribution in [0.4, 0.5) is 5.95 Å². The van der Waals surface area contributed by atoms with Crippen molar-refractivity contribution in [2.45, 2.75) is 18.9 Å². The molecule has 0 aromatic carbocycles. The van der Waals surface area contributed by atoms with Gasteiger partial charge in [0.25, 0.3) is 0 Å². The smallest absolute Gasteiger partial charge is 0.226 e. The Labute approximate surface area is 109 Å². The SMILES string of the molecule is Ic1ccnc(N2CCOC(C3CC3)C2)n1. The Hall–Kier alpha value is -0.430. The fraction of sp³-hybridized carbons (Fsp3) is 0.636. The molecule has 5 heteroatoms. The maximum Gasteiger partial charge on any atom is 0.226 e. The van der Waals surface area contributed by atoms with Crippen LogP contribution in [-0.2, 0) is 4.74 Å². The topological polar surface area (TPSA) is 38.2 Å². The summed E-state index contributed by atoms with van der Waals surface area (Å²) in [7, 11) is 0. The first kappa shape index (κ1) is 10.7. The van der Waals surface area contributed by atoms with Crippen molar-refractivity contribution in [3.63, 3.8) is 0 Å². The van der Waals surface area contributed by atoms with Gasteiger partial charge in [0, 0.05) is 19.3 Å². The summed E-state index contributed by atoms with van der Waals surface area (Å²) in [4.78, 5) is 11.0. The van der Waals surface area contributed by atoms with Gasteiger partial charge >= 0.3 is 0 Å². The lowest BCUT2D eigenvalue weighted by atomic mass is 10.2. The molecular formula is C11H14IN3O. The summed E-state index contributed by atoms with van der Waals surface area (Å²) in [6.07, 6.45) is 4.87. The van der Waals surface area contributed by atoms with Gasteiger partial charge in [-0.1, -0.05) is 0 Å². The van der Waals surface area contributed by atoms with E-state index in [2.05, 4.69) is 37.5 Å². The molecular weight excluding hydrogens is 317 g/mol. The molecule has 1 saturated carbocycles. The summed E-state index contributed by atoms with van der Waals surface area (Å²) < 4.78 is 6.78. The number of halogens is 1. The average Bonchev–Trinajstić information content (AvgIpc) is 3.13. The molecule has 0 N–H and O–H groups in total. The first-order valence-corrected chi connectivity index (χ1v) is 6.76. The monoisotopic (exact) mass is 331 g/mol. The average molecular weight is 331 g/mol. The van der Waals surface area contributed by atoms with Gasteiger partial charge in [-0.15, -0.1) is 0 Å². The maximum atomic E-state index is 5.78. The van der Waals surface area contributed by atoms with Gasteiger partial charge in [-0.05, 0) is 47.4 Å². The molecule has 1 aromatic heterocycles. The van der Waals surface area contributed by atoms with Crippen LogP contribution in [0.2, 0.25) is 0 Å². The van der Waals surface area contributed by atoms with Gasteiger partial charge < -0.3 is 9.64 Å². The summed E-state index contributed by atoms with van der Waals surface area (Å²) in [5.41, 5.74) is 0. The fourth-order valence-electron chi connectivity index (χ4n) is 2.09. The molecule has 1 aliphatic carbocycles. The van der Waals surface area contributed by atoms with Crippen molar-refractivity contribution < 1.29 is 4.74 Å². The van der Waals surface area contributed by atoms with Crippen molar-refractivity contribution >= 4 is 28.5 Å². The molecule has 2 aliphatic rings. The highest BCUT2D eigenvalue weighted by molar-refractivity contribution is 14.1. The molecule has 0 amide bonds. The highest BCUT2D eigenvalue weighted by atomic mass is 127. The van der Waals surface area contributed by atoms with Crippen molar-refractivity contribution in [3.8, 4) is 0 Å². The summed E-state index contributed by atoms with van der Waals surface area (Å²) in [5.74, 6) is 1.63. The molecule has 4 nitrogen and oxygen atoms in total. The molecule has 86 valence electrons. The van der Waals surface area contributed by atoms with Crippen molar-refractivity contribution in [3.05, 3.63) is 16.0 Å². The third-order valence-electron chi connectivity index (χ3n) is 3.13. The van der Waals surface area contributed by atoms with Gasteiger partial charge in [-0.2, -0.15) is 0 Å². The van der Waals surface area contributed by atoms with E-state index in [1.165, 1.54) is 12.8 Å². The van der Waals surface area contributed by atoms with E-state index < -0.39 is 0 Å². The minimum atomic E-state index is 0.398. The normalized spacial score (nSPS) is 25.8. The second-order valence-corrected chi connectivity index (χ2v) is 5.48. The Morgan fingerprint density at radius 2 is 2.31 bits per heavy atom. The number of morpholine rings is 1. The van der Waals surface area contributed by atoms with E-state index >= 15 is 0 Å². The van der Waals surface area contributed by atoms with Gasteiger partial charge in [-0.3, -0.25) is 0 Å². The van der Waals surface area contributed by atoms with E-state index in [1.54, 1.807) is 0 Å². The molecule has 1 aliphatic heterocycles. The summed E-state index contributed by atoms with van der Waals surface area (Å²) in [6, 6.07) is 1.92. The quantitative estimate of drug-likeness (QED) is 0.611. The van der Waals surface area contributed by atoms with E-state index in [1.807, 2.05) is 12.3 Å². The maximum absolute atomic E-state index is 5.78. The molecule has 1 unspecified atom stereocenters. The highest BCUT2D eigenvalue weighted by Crippen LogP contribution is 2.36. The predicted octanol–water partition coefficient (Wildman–Crippen LogP) is 1.70. The lowest BCUT2D eigenvalue weighted by molar-refractivity contribution is 0.0258.